The minimum atomic E-state index is 0.341. The molecule has 1 saturated carbocycles. The second-order valence-corrected chi connectivity index (χ2v) is 8.76. The molecule has 0 aromatic carbocycles. The van der Waals surface area contributed by atoms with Crippen molar-refractivity contribution in [2.24, 2.45) is 11.3 Å². The Bertz CT molecular complexity index is 295. The molecule has 19 heavy (non-hydrogen) atoms. The Morgan fingerprint density at radius 2 is 1.63 bits per heavy atom. The van der Waals surface area contributed by atoms with Gasteiger partial charge in [-0.25, -0.2) is 0 Å². The van der Waals surface area contributed by atoms with Gasteiger partial charge in [0.05, 0.1) is 0 Å². The minimum Gasteiger partial charge on any atom is -0.311 e. The van der Waals surface area contributed by atoms with Crippen LogP contribution in [0.25, 0.3) is 0 Å². The molecule has 1 aliphatic heterocycles. The van der Waals surface area contributed by atoms with E-state index in [0.29, 0.717) is 11.0 Å². The van der Waals surface area contributed by atoms with Gasteiger partial charge in [0.15, 0.2) is 0 Å². The van der Waals surface area contributed by atoms with Gasteiger partial charge in [-0.15, -0.1) is 0 Å². The fraction of sp³-hybridized carbons (Fsp3) is 1.00. The minimum absolute atomic E-state index is 0.341. The van der Waals surface area contributed by atoms with E-state index in [1.54, 1.807) is 0 Å². The van der Waals surface area contributed by atoms with E-state index in [9.17, 15) is 0 Å². The van der Waals surface area contributed by atoms with Gasteiger partial charge in [0.2, 0.25) is 0 Å². The number of hydrogen-bond acceptors (Lipinski definition) is 2. The Morgan fingerprint density at radius 3 is 2.05 bits per heavy atom. The fourth-order valence-electron chi connectivity index (χ4n) is 4.14. The van der Waals surface area contributed by atoms with E-state index >= 15 is 0 Å². The SMILES string of the molecule is CC1CC(C)(C)CC1NC1CCN(C(C)(C)C)CC1. The third-order valence-corrected chi connectivity index (χ3v) is 5.23. The molecule has 2 unspecified atom stereocenters. The van der Waals surface area contributed by atoms with Gasteiger partial charge in [0.1, 0.15) is 0 Å². The van der Waals surface area contributed by atoms with Crippen LogP contribution in [0.3, 0.4) is 0 Å². The summed E-state index contributed by atoms with van der Waals surface area (Å²) in [6.45, 7) is 16.8. The predicted molar refractivity (Wildman–Crippen MR) is 83.5 cm³/mol. The first-order chi connectivity index (χ1) is 8.67. The second-order valence-electron chi connectivity index (χ2n) is 8.76. The lowest BCUT2D eigenvalue weighted by molar-refractivity contribution is 0.0924. The molecule has 112 valence electrons. The average molecular weight is 266 g/mol. The largest absolute Gasteiger partial charge is 0.311 e. The Morgan fingerprint density at radius 1 is 1.05 bits per heavy atom. The van der Waals surface area contributed by atoms with Crippen molar-refractivity contribution in [1.29, 1.82) is 0 Å². The van der Waals surface area contributed by atoms with Crippen LogP contribution in [0.5, 0.6) is 0 Å². The van der Waals surface area contributed by atoms with Gasteiger partial charge in [0.25, 0.3) is 0 Å². The number of hydrogen-bond donors (Lipinski definition) is 1. The van der Waals surface area contributed by atoms with E-state index in [4.69, 9.17) is 0 Å². The third kappa shape index (κ3) is 3.95. The number of likely N-dealkylation sites (tertiary alicyclic amines) is 1. The van der Waals surface area contributed by atoms with Crippen molar-refractivity contribution in [2.45, 2.75) is 84.8 Å². The number of nitrogens with zero attached hydrogens (tertiary/aromatic N) is 1. The number of nitrogens with one attached hydrogen (secondary N) is 1. The quantitative estimate of drug-likeness (QED) is 0.820. The molecule has 0 radical (unpaired) electrons. The molecular weight excluding hydrogens is 232 g/mol. The van der Waals surface area contributed by atoms with Crippen molar-refractivity contribution >= 4 is 0 Å². The molecule has 0 aromatic heterocycles. The third-order valence-electron chi connectivity index (χ3n) is 5.23. The predicted octanol–water partition coefficient (Wildman–Crippen LogP) is 3.66. The highest BCUT2D eigenvalue weighted by Crippen LogP contribution is 2.41. The maximum absolute atomic E-state index is 3.97. The highest BCUT2D eigenvalue weighted by atomic mass is 15.2. The van der Waals surface area contributed by atoms with Crippen LogP contribution in [0.1, 0.15) is 67.2 Å². The van der Waals surface area contributed by atoms with E-state index in [-0.39, 0.29) is 0 Å². The van der Waals surface area contributed by atoms with Crippen LogP contribution in [0.2, 0.25) is 0 Å². The highest BCUT2D eigenvalue weighted by Gasteiger charge is 2.38. The number of rotatable bonds is 2. The van der Waals surface area contributed by atoms with Crippen LogP contribution in [0.15, 0.2) is 0 Å². The standard InChI is InChI=1S/C17H34N2/c1-13-11-17(5,6)12-15(13)18-14-7-9-19(10-8-14)16(2,3)4/h13-15,18H,7-12H2,1-6H3. The molecule has 0 spiro atoms. The zero-order chi connectivity index (χ0) is 14.3. The van der Waals surface area contributed by atoms with Gasteiger partial charge in [0, 0.05) is 30.7 Å². The fourth-order valence-corrected chi connectivity index (χ4v) is 4.14. The smallest absolute Gasteiger partial charge is 0.0125 e. The summed E-state index contributed by atoms with van der Waals surface area (Å²) in [5.41, 5.74) is 0.886. The molecule has 1 aliphatic carbocycles. The first kappa shape index (κ1) is 15.3. The molecule has 2 fully saturated rings. The van der Waals surface area contributed by atoms with Crippen LogP contribution < -0.4 is 5.32 Å². The van der Waals surface area contributed by atoms with Crippen LogP contribution in [0.4, 0.5) is 0 Å². The van der Waals surface area contributed by atoms with Crippen molar-refractivity contribution in [2.75, 3.05) is 13.1 Å². The van der Waals surface area contributed by atoms with E-state index in [2.05, 4.69) is 51.8 Å². The van der Waals surface area contributed by atoms with Crippen molar-refractivity contribution in [3.63, 3.8) is 0 Å². The van der Waals surface area contributed by atoms with Gasteiger partial charge >= 0.3 is 0 Å². The van der Waals surface area contributed by atoms with Crippen molar-refractivity contribution in [3.05, 3.63) is 0 Å². The Balaban J connectivity index is 1.80. The summed E-state index contributed by atoms with van der Waals surface area (Å²) in [4.78, 5) is 2.63. The lowest BCUT2D eigenvalue weighted by Gasteiger charge is -2.42. The van der Waals surface area contributed by atoms with Gasteiger partial charge in [-0.3, -0.25) is 4.90 Å². The summed E-state index contributed by atoms with van der Waals surface area (Å²) < 4.78 is 0. The van der Waals surface area contributed by atoms with Crippen molar-refractivity contribution < 1.29 is 0 Å². The van der Waals surface area contributed by atoms with E-state index in [1.165, 1.54) is 38.8 Å². The normalized spacial score (nSPS) is 33.8. The first-order valence-corrected chi connectivity index (χ1v) is 8.18. The van der Waals surface area contributed by atoms with Gasteiger partial charge < -0.3 is 5.32 Å². The molecule has 2 aliphatic rings. The molecule has 0 amide bonds. The second kappa shape index (κ2) is 5.37. The van der Waals surface area contributed by atoms with Crippen LogP contribution in [-0.2, 0) is 0 Å². The maximum Gasteiger partial charge on any atom is 0.0125 e. The molecule has 1 heterocycles. The summed E-state index contributed by atoms with van der Waals surface area (Å²) >= 11 is 0. The summed E-state index contributed by atoms with van der Waals surface area (Å²) in [5, 5.41) is 3.97. The number of piperidine rings is 1. The zero-order valence-corrected chi connectivity index (χ0v) is 13.9. The van der Waals surface area contributed by atoms with E-state index < -0.39 is 0 Å². The molecule has 0 aromatic rings. The molecule has 1 N–H and O–H groups in total. The molecular formula is C17H34N2. The van der Waals surface area contributed by atoms with Gasteiger partial charge in [-0.05, 0) is 57.8 Å². The van der Waals surface area contributed by atoms with E-state index in [1.807, 2.05) is 0 Å². The summed E-state index contributed by atoms with van der Waals surface area (Å²) in [6.07, 6.45) is 5.38. The van der Waals surface area contributed by atoms with Gasteiger partial charge in [-0.2, -0.15) is 0 Å². The topological polar surface area (TPSA) is 15.3 Å². The molecule has 1 saturated heterocycles. The Hall–Kier alpha value is -0.0800. The summed E-state index contributed by atoms with van der Waals surface area (Å²) in [5.74, 6) is 0.843. The van der Waals surface area contributed by atoms with Crippen LogP contribution in [0, 0.1) is 11.3 Å². The molecule has 2 atom stereocenters. The zero-order valence-electron chi connectivity index (χ0n) is 13.9. The monoisotopic (exact) mass is 266 g/mol. The van der Waals surface area contributed by atoms with Crippen LogP contribution in [-0.4, -0.2) is 35.6 Å². The molecule has 2 nitrogen and oxygen atoms in total. The first-order valence-electron chi connectivity index (χ1n) is 8.18. The Kier molecular flexibility index (Phi) is 4.32. The van der Waals surface area contributed by atoms with E-state index in [0.717, 1.165) is 18.0 Å². The van der Waals surface area contributed by atoms with Crippen molar-refractivity contribution in [3.8, 4) is 0 Å². The molecule has 2 heteroatoms. The van der Waals surface area contributed by atoms with Crippen molar-refractivity contribution in [1.82, 2.24) is 10.2 Å². The average Bonchev–Trinajstić information content (AvgIpc) is 2.51. The lowest BCUT2D eigenvalue weighted by Crippen LogP contribution is -2.51. The maximum atomic E-state index is 3.97. The Labute approximate surface area is 120 Å². The highest BCUT2D eigenvalue weighted by molar-refractivity contribution is 4.94. The lowest BCUT2D eigenvalue weighted by atomic mass is 9.91. The molecule has 0 bridgehead atoms. The molecule has 2 rings (SSSR count). The summed E-state index contributed by atoms with van der Waals surface area (Å²) in [7, 11) is 0. The summed E-state index contributed by atoms with van der Waals surface area (Å²) in [6, 6.07) is 1.50. The van der Waals surface area contributed by atoms with Gasteiger partial charge in [-0.1, -0.05) is 20.8 Å². The van der Waals surface area contributed by atoms with Crippen LogP contribution >= 0.6 is 0 Å².